The van der Waals surface area contributed by atoms with Gasteiger partial charge in [0.1, 0.15) is 10.8 Å². The highest BCUT2D eigenvalue weighted by molar-refractivity contribution is 7.13. The number of nitrogens with one attached hydrogen (secondary N) is 1. The molecule has 0 fully saturated rings. The number of aromatic nitrogens is 2. The number of carbonyl (C=O) groups excluding carboxylic acids is 1. The van der Waals surface area contributed by atoms with Crippen LogP contribution in [0.15, 0.2) is 54.0 Å². The topological polar surface area (TPSA) is 64.1 Å². The molecule has 25 heavy (non-hydrogen) atoms. The standard InChI is InChI=1S/C18H16ClN3O2S/c19-13-4-6-15(7-5-13)24-10-8-17(23)21-11-14-12-25-18(22-14)16-3-1-2-9-20-16/h1-7,9,12H,8,10-11H2,(H,21,23). The average Bonchev–Trinajstić information content (AvgIpc) is 3.11. The maximum atomic E-state index is 11.9. The molecule has 128 valence electrons. The molecule has 1 N–H and O–H groups in total. The second-order valence-electron chi connectivity index (χ2n) is 5.19. The number of halogens is 1. The van der Waals surface area contributed by atoms with Crippen LogP contribution in [-0.2, 0) is 11.3 Å². The molecule has 0 aliphatic rings. The van der Waals surface area contributed by atoms with Gasteiger partial charge in [0.2, 0.25) is 5.91 Å². The third-order valence-electron chi connectivity index (χ3n) is 3.31. The molecule has 1 amide bonds. The summed E-state index contributed by atoms with van der Waals surface area (Å²) in [5.74, 6) is 0.609. The number of pyridine rings is 1. The Morgan fingerprint density at radius 3 is 2.80 bits per heavy atom. The smallest absolute Gasteiger partial charge is 0.223 e. The molecule has 0 saturated carbocycles. The molecule has 2 aromatic heterocycles. The molecule has 0 unspecified atom stereocenters. The van der Waals surface area contributed by atoms with Gasteiger partial charge in [-0.3, -0.25) is 9.78 Å². The summed E-state index contributed by atoms with van der Waals surface area (Å²) in [4.78, 5) is 20.6. The van der Waals surface area contributed by atoms with Crippen LogP contribution in [0.1, 0.15) is 12.1 Å². The second-order valence-corrected chi connectivity index (χ2v) is 6.48. The molecule has 0 saturated heterocycles. The zero-order valence-electron chi connectivity index (χ0n) is 13.3. The SMILES string of the molecule is O=C(CCOc1ccc(Cl)cc1)NCc1csc(-c2ccccn2)n1. The lowest BCUT2D eigenvalue weighted by Gasteiger charge is -2.06. The van der Waals surface area contributed by atoms with Gasteiger partial charge in [-0.2, -0.15) is 0 Å². The minimum absolute atomic E-state index is 0.0821. The normalized spacial score (nSPS) is 10.4. The molecule has 0 aliphatic heterocycles. The fourth-order valence-corrected chi connectivity index (χ4v) is 2.99. The van der Waals surface area contributed by atoms with Gasteiger partial charge in [-0.25, -0.2) is 4.98 Å². The van der Waals surface area contributed by atoms with Gasteiger partial charge in [-0.15, -0.1) is 11.3 Å². The minimum atomic E-state index is -0.0821. The minimum Gasteiger partial charge on any atom is -0.493 e. The van der Waals surface area contributed by atoms with E-state index < -0.39 is 0 Å². The lowest BCUT2D eigenvalue weighted by atomic mass is 10.3. The predicted octanol–water partition coefficient (Wildman–Crippen LogP) is 3.94. The van der Waals surface area contributed by atoms with E-state index in [0.29, 0.717) is 23.9 Å². The van der Waals surface area contributed by atoms with Crippen molar-refractivity contribution in [3.05, 3.63) is 64.8 Å². The first-order chi connectivity index (χ1) is 12.2. The molecule has 5 nitrogen and oxygen atoms in total. The number of thiazole rings is 1. The zero-order chi connectivity index (χ0) is 17.5. The molecule has 0 atom stereocenters. The molecular formula is C18H16ClN3O2S. The molecule has 0 bridgehead atoms. The fourth-order valence-electron chi connectivity index (χ4n) is 2.07. The third kappa shape index (κ3) is 5.27. The molecule has 2 heterocycles. The van der Waals surface area contributed by atoms with Gasteiger partial charge < -0.3 is 10.1 Å². The summed E-state index contributed by atoms with van der Waals surface area (Å²) in [5.41, 5.74) is 1.65. The predicted molar refractivity (Wildman–Crippen MR) is 98.8 cm³/mol. The highest BCUT2D eigenvalue weighted by Crippen LogP contribution is 2.21. The average molecular weight is 374 g/mol. The van der Waals surface area contributed by atoms with E-state index in [1.165, 1.54) is 11.3 Å². The van der Waals surface area contributed by atoms with Gasteiger partial charge in [0, 0.05) is 16.6 Å². The first-order valence-electron chi connectivity index (χ1n) is 7.71. The number of hydrogen-bond donors (Lipinski definition) is 1. The molecule has 0 radical (unpaired) electrons. The van der Waals surface area contributed by atoms with Crippen molar-refractivity contribution in [2.75, 3.05) is 6.61 Å². The van der Waals surface area contributed by atoms with Crippen molar-refractivity contribution in [2.45, 2.75) is 13.0 Å². The van der Waals surface area contributed by atoms with Crippen molar-refractivity contribution in [3.8, 4) is 16.5 Å². The second kappa shape index (κ2) is 8.60. The van der Waals surface area contributed by atoms with Gasteiger partial charge in [-0.1, -0.05) is 17.7 Å². The van der Waals surface area contributed by atoms with Gasteiger partial charge in [0.05, 0.1) is 31.0 Å². The number of hydrogen-bond acceptors (Lipinski definition) is 5. The van der Waals surface area contributed by atoms with Crippen LogP contribution in [0.3, 0.4) is 0 Å². The van der Waals surface area contributed by atoms with Crippen LogP contribution in [0.2, 0.25) is 5.02 Å². The monoisotopic (exact) mass is 373 g/mol. The van der Waals surface area contributed by atoms with Gasteiger partial charge >= 0.3 is 0 Å². The third-order valence-corrected chi connectivity index (χ3v) is 4.48. The van der Waals surface area contributed by atoms with Crippen LogP contribution in [0, 0.1) is 0 Å². The van der Waals surface area contributed by atoms with Crippen LogP contribution in [-0.4, -0.2) is 22.5 Å². The van der Waals surface area contributed by atoms with Crippen LogP contribution in [0.4, 0.5) is 0 Å². The number of amides is 1. The van der Waals surface area contributed by atoms with Gasteiger partial charge in [0.25, 0.3) is 0 Å². The molecule has 3 rings (SSSR count). The van der Waals surface area contributed by atoms with Crippen molar-refractivity contribution in [1.82, 2.24) is 15.3 Å². The number of rotatable bonds is 7. The van der Waals surface area contributed by atoms with Gasteiger partial charge in [-0.05, 0) is 36.4 Å². The van der Waals surface area contributed by atoms with E-state index in [1.807, 2.05) is 23.6 Å². The highest BCUT2D eigenvalue weighted by atomic mass is 35.5. The van der Waals surface area contributed by atoms with Gasteiger partial charge in [0.15, 0.2) is 0 Å². The molecule has 3 aromatic rings. The summed E-state index contributed by atoms with van der Waals surface area (Å²) in [6.07, 6.45) is 2.01. The first kappa shape index (κ1) is 17.4. The molecule has 7 heteroatoms. The van der Waals surface area contributed by atoms with Crippen molar-refractivity contribution in [1.29, 1.82) is 0 Å². The lowest BCUT2D eigenvalue weighted by Crippen LogP contribution is -2.24. The summed E-state index contributed by atoms with van der Waals surface area (Å²) in [6.45, 7) is 0.701. The Balaban J connectivity index is 1.42. The van der Waals surface area contributed by atoms with Crippen LogP contribution < -0.4 is 10.1 Å². The van der Waals surface area contributed by atoms with E-state index in [0.717, 1.165) is 16.4 Å². The molecular weight excluding hydrogens is 358 g/mol. The number of ether oxygens (including phenoxy) is 1. The van der Waals surface area contributed by atoms with Crippen LogP contribution in [0.5, 0.6) is 5.75 Å². The molecule has 0 spiro atoms. The lowest BCUT2D eigenvalue weighted by molar-refractivity contribution is -0.121. The van der Waals surface area contributed by atoms with E-state index >= 15 is 0 Å². The maximum absolute atomic E-state index is 11.9. The van der Waals surface area contributed by atoms with Crippen molar-refractivity contribution < 1.29 is 9.53 Å². The molecule has 0 aliphatic carbocycles. The Labute approximate surface area is 154 Å². The first-order valence-corrected chi connectivity index (χ1v) is 8.97. The van der Waals surface area contributed by atoms with E-state index in [2.05, 4.69) is 15.3 Å². The Bertz CT molecular complexity index is 822. The van der Waals surface area contributed by atoms with E-state index in [4.69, 9.17) is 16.3 Å². The zero-order valence-corrected chi connectivity index (χ0v) is 14.9. The maximum Gasteiger partial charge on any atom is 0.223 e. The number of benzene rings is 1. The van der Waals surface area contributed by atoms with Crippen LogP contribution in [0.25, 0.3) is 10.7 Å². The Hall–Kier alpha value is -2.44. The van der Waals surface area contributed by atoms with Crippen molar-refractivity contribution in [3.63, 3.8) is 0 Å². The fraction of sp³-hybridized carbons (Fsp3) is 0.167. The van der Waals surface area contributed by atoms with E-state index in [-0.39, 0.29) is 12.3 Å². The van der Waals surface area contributed by atoms with Crippen molar-refractivity contribution in [2.24, 2.45) is 0 Å². The Kier molecular flexibility index (Phi) is 5.98. The Morgan fingerprint density at radius 2 is 2.04 bits per heavy atom. The number of carbonyl (C=O) groups is 1. The van der Waals surface area contributed by atoms with Crippen LogP contribution >= 0.6 is 22.9 Å². The summed E-state index contributed by atoms with van der Waals surface area (Å²) in [7, 11) is 0. The summed E-state index contributed by atoms with van der Waals surface area (Å²) >= 11 is 7.32. The van der Waals surface area contributed by atoms with E-state index in [1.54, 1.807) is 30.5 Å². The summed E-state index contributed by atoms with van der Waals surface area (Å²) < 4.78 is 5.50. The van der Waals surface area contributed by atoms with Crippen molar-refractivity contribution >= 4 is 28.8 Å². The summed E-state index contributed by atoms with van der Waals surface area (Å²) in [5, 5.41) is 6.26. The quantitative estimate of drug-likeness (QED) is 0.681. The van der Waals surface area contributed by atoms with E-state index in [9.17, 15) is 4.79 Å². The summed E-state index contributed by atoms with van der Waals surface area (Å²) in [6, 6.07) is 12.7. The molecule has 1 aromatic carbocycles. The highest BCUT2D eigenvalue weighted by Gasteiger charge is 2.07. The Morgan fingerprint density at radius 1 is 1.20 bits per heavy atom. The largest absolute Gasteiger partial charge is 0.493 e. The number of nitrogens with zero attached hydrogens (tertiary/aromatic N) is 2.